The number of anilines is 1. The third-order valence-corrected chi connectivity index (χ3v) is 4.14. The topological polar surface area (TPSA) is 75.1 Å². The predicted molar refractivity (Wildman–Crippen MR) is 85.8 cm³/mol. The van der Waals surface area contributed by atoms with Crippen molar-refractivity contribution in [2.75, 3.05) is 12.4 Å². The maximum atomic E-state index is 11.0. The first-order chi connectivity index (χ1) is 9.52. The molecular weight excluding hydrogens is 310 g/mol. The minimum absolute atomic E-state index is 0. The van der Waals surface area contributed by atoms with E-state index in [1.807, 2.05) is 31.2 Å². The molecule has 0 bridgehead atoms. The summed E-state index contributed by atoms with van der Waals surface area (Å²) in [5.41, 5.74) is 1.80. The number of nitrogens with zero attached hydrogens (tertiary/aromatic N) is 2. The van der Waals surface area contributed by atoms with Crippen LogP contribution in [0.15, 0.2) is 34.1 Å². The van der Waals surface area contributed by atoms with Gasteiger partial charge in [0.1, 0.15) is 5.82 Å². The smallest absolute Gasteiger partial charge is 0.374 e. The fourth-order valence-corrected chi connectivity index (χ4v) is 2.76. The Bertz CT molecular complexity index is 665. The Hall–Kier alpha value is -1.79. The summed E-state index contributed by atoms with van der Waals surface area (Å²) in [7, 11) is 1.72. The van der Waals surface area contributed by atoms with Gasteiger partial charge in [0, 0.05) is 11.9 Å². The molecule has 0 aliphatic carbocycles. The lowest BCUT2D eigenvalue weighted by molar-refractivity contribution is 0.0683. The van der Waals surface area contributed by atoms with Gasteiger partial charge in [-0.15, -0.1) is 12.4 Å². The molecule has 2 aromatic rings. The summed E-state index contributed by atoms with van der Waals surface area (Å²) in [6.07, 6.45) is 0. The lowest BCUT2D eigenvalue weighted by atomic mass is 10.2. The van der Waals surface area contributed by atoms with E-state index in [1.54, 1.807) is 14.0 Å². The average molecular weight is 326 g/mol. The first kappa shape index (κ1) is 17.3. The van der Waals surface area contributed by atoms with Gasteiger partial charge in [-0.2, -0.15) is 0 Å². The molecule has 0 aliphatic heterocycles. The van der Waals surface area contributed by atoms with Crippen LogP contribution in [0.1, 0.15) is 21.9 Å². The molecular formula is C14H16ClN3O2S. The number of nitrogens with one attached hydrogen (secondary N) is 1. The van der Waals surface area contributed by atoms with Crippen molar-refractivity contribution in [3.8, 4) is 0 Å². The minimum atomic E-state index is -1.13. The quantitative estimate of drug-likeness (QED) is 0.897. The largest absolute Gasteiger partial charge is 0.475 e. The van der Waals surface area contributed by atoms with Gasteiger partial charge in [0.2, 0.25) is 5.82 Å². The van der Waals surface area contributed by atoms with Gasteiger partial charge in [0.05, 0.1) is 10.6 Å². The summed E-state index contributed by atoms with van der Waals surface area (Å²) in [4.78, 5) is 21.0. The van der Waals surface area contributed by atoms with Crippen molar-refractivity contribution >= 4 is 36.0 Å². The molecule has 0 amide bonds. The second kappa shape index (κ2) is 7.28. The number of carbonyl (C=O) groups is 1. The zero-order valence-electron chi connectivity index (χ0n) is 11.9. The number of aryl methyl sites for hydroxylation is 2. The van der Waals surface area contributed by atoms with Crippen LogP contribution >= 0.6 is 24.2 Å². The Morgan fingerprint density at radius 3 is 2.48 bits per heavy atom. The number of halogens is 1. The fourth-order valence-electron chi connectivity index (χ4n) is 1.73. The molecule has 2 N–H and O–H groups in total. The summed E-state index contributed by atoms with van der Waals surface area (Å²) < 4.78 is 0. The van der Waals surface area contributed by atoms with Gasteiger partial charge in [-0.05, 0) is 25.5 Å². The maximum Gasteiger partial charge on any atom is 0.374 e. The molecule has 0 saturated carbocycles. The molecule has 0 atom stereocenters. The standard InChI is InChI=1S/C14H15N3O2S.ClH/c1-8-6-4-5-7-10(8)20-11-9(2)16-13(14(18)19)17-12(11)15-3;/h4-7H,1-3H3,(H,18,19)(H,15,16,17);1H. The van der Waals surface area contributed by atoms with E-state index in [0.29, 0.717) is 11.5 Å². The van der Waals surface area contributed by atoms with Crippen molar-refractivity contribution in [2.45, 2.75) is 23.6 Å². The molecule has 0 aliphatic rings. The van der Waals surface area contributed by atoms with E-state index in [0.717, 1.165) is 15.4 Å². The highest BCUT2D eigenvalue weighted by Crippen LogP contribution is 2.35. The van der Waals surface area contributed by atoms with E-state index in [9.17, 15) is 4.79 Å². The average Bonchev–Trinajstić information content (AvgIpc) is 2.42. The number of aromatic nitrogens is 2. The van der Waals surface area contributed by atoms with Crippen LogP contribution in [0.5, 0.6) is 0 Å². The predicted octanol–water partition coefficient (Wildman–Crippen LogP) is 3.41. The van der Waals surface area contributed by atoms with Crippen molar-refractivity contribution in [2.24, 2.45) is 0 Å². The Labute approximate surface area is 133 Å². The van der Waals surface area contributed by atoms with E-state index in [-0.39, 0.29) is 18.2 Å². The zero-order chi connectivity index (χ0) is 14.7. The molecule has 1 aromatic heterocycles. The van der Waals surface area contributed by atoms with Crippen LogP contribution in [0.2, 0.25) is 0 Å². The molecule has 1 aromatic carbocycles. The maximum absolute atomic E-state index is 11.0. The summed E-state index contributed by atoms with van der Waals surface area (Å²) in [5, 5.41) is 11.9. The Balaban J connectivity index is 0.00000220. The molecule has 112 valence electrons. The molecule has 2 rings (SSSR count). The zero-order valence-corrected chi connectivity index (χ0v) is 13.5. The number of carboxylic acid groups (broad SMARTS) is 1. The van der Waals surface area contributed by atoms with Crippen LogP contribution in [-0.4, -0.2) is 28.1 Å². The van der Waals surface area contributed by atoms with Crippen LogP contribution in [0, 0.1) is 13.8 Å². The highest BCUT2D eigenvalue weighted by molar-refractivity contribution is 7.99. The lowest BCUT2D eigenvalue weighted by Crippen LogP contribution is -2.09. The lowest BCUT2D eigenvalue weighted by Gasteiger charge is -2.12. The molecule has 0 fully saturated rings. The molecule has 0 saturated heterocycles. The molecule has 0 spiro atoms. The highest BCUT2D eigenvalue weighted by atomic mass is 35.5. The van der Waals surface area contributed by atoms with Gasteiger partial charge in [0.25, 0.3) is 0 Å². The van der Waals surface area contributed by atoms with Crippen molar-refractivity contribution < 1.29 is 9.90 Å². The number of hydrogen-bond donors (Lipinski definition) is 2. The molecule has 0 unspecified atom stereocenters. The number of hydrogen-bond acceptors (Lipinski definition) is 5. The SMILES string of the molecule is CNc1nc(C(=O)O)nc(C)c1Sc1ccccc1C.Cl. The first-order valence-electron chi connectivity index (χ1n) is 6.06. The fraction of sp³-hybridized carbons (Fsp3) is 0.214. The molecule has 1 heterocycles. The molecule has 0 radical (unpaired) electrons. The summed E-state index contributed by atoms with van der Waals surface area (Å²) in [6, 6.07) is 8.00. The second-order valence-corrected chi connectivity index (χ2v) is 5.29. The molecule has 7 heteroatoms. The van der Waals surface area contributed by atoms with Crippen LogP contribution in [-0.2, 0) is 0 Å². The van der Waals surface area contributed by atoms with Gasteiger partial charge in [-0.3, -0.25) is 0 Å². The van der Waals surface area contributed by atoms with E-state index >= 15 is 0 Å². The summed E-state index contributed by atoms with van der Waals surface area (Å²) in [5.74, 6) is -0.791. The third-order valence-electron chi connectivity index (χ3n) is 2.77. The van der Waals surface area contributed by atoms with Gasteiger partial charge in [-0.1, -0.05) is 30.0 Å². The van der Waals surface area contributed by atoms with E-state index < -0.39 is 5.97 Å². The highest BCUT2D eigenvalue weighted by Gasteiger charge is 2.16. The minimum Gasteiger partial charge on any atom is -0.475 e. The normalized spacial score (nSPS) is 9.86. The van der Waals surface area contributed by atoms with Crippen molar-refractivity contribution in [1.29, 1.82) is 0 Å². The van der Waals surface area contributed by atoms with E-state index in [1.165, 1.54) is 11.8 Å². The van der Waals surface area contributed by atoms with Crippen molar-refractivity contribution in [3.05, 3.63) is 41.3 Å². The second-order valence-electron chi connectivity index (χ2n) is 4.23. The Morgan fingerprint density at radius 1 is 1.24 bits per heavy atom. The van der Waals surface area contributed by atoms with Gasteiger partial charge in [-0.25, -0.2) is 14.8 Å². The summed E-state index contributed by atoms with van der Waals surface area (Å²) >= 11 is 1.53. The Kier molecular flexibility index (Phi) is 5.99. The van der Waals surface area contributed by atoms with Crippen molar-refractivity contribution in [1.82, 2.24) is 9.97 Å². The van der Waals surface area contributed by atoms with Gasteiger partial charge < -0.3 is 10.4 Å². The Morgan fingerprint density at radius 2 is 1.90 bits per heavy atom. The number of aromatic carboxylic acids is 1. The number of benzene rings is 1. The first-order valence-corrected chi connectivity index (χ1v) is 6.87. The number of rotatable bonds is 4. The van der Waals surface area contributed by atoms with E-state index in [2.05, 4.69) is 15.3 Å². The van der Waals surface area contributed by atoms with Crippen LogP contribution in [0.3, 0.4) is 0 Å². The third kappa shape index (κ3) is 3.86. The molecule has 21 heavy (non-hydrogen) atoms. The van der Waals surface area contributed by atoms with E-state index in [4.69, 9.17) is 5.11 Å². The molecule has 5 nitrogen and oxygen atoms in total. The van der Waals surface area contributed by atoms with Gasteiger partial charge >= 0.3 is 5.97 Å². The van der Waals surface area contributed by atoms with Crippen LogP contribution in [0.25, 0.3) is 0 Å². The van der Waals surface area contributed by atoms with Crippen LogP contribution < -0.4 is 5.32 Å². The van der Waals surface area contributed by atoms with Crippen molar-refractivity contribution in [3.63, 3.8) is 0 Å². The summed E-state index contributed by atoms with van der Waals surface area (Å²) in [6.45, 7) is 3.82. The van der Waals surface area contributed by atoms with Crippen LogP contribution in [0.4, 0.5) is 5.82 Å². The number of carboxylic acids is 1. The monoisotopic (exact) mass is 325 g/mol. The van der Waals surface area contributed by atoms with Gasteiger partial charge in [0.15, 0.2) is 0 Å².